The number of anilines is 1. The van der Waals surface area contributed by atoms with Gasteiger partial charge < -0.3 is 10.6 Å². The van der Waals surface area contributed by atoms with Crippen molar-refractivity contribution in [2.75, 3.05) is 18.3 Å². The van der Waals surface area contributed by atoms with Crippen LogP contribution < -0.4 is 15.4 Å². The van der Waals surface area contributed by atoms with Crippen molar-refractivity contribution in [2.45, 2.75) is 24.8 Å². The Hall–Kier alpha value is -2.38. The summed E-state index contributed by atoms with van der Waals surface area (Å²) in [5.74, 6) is -0.329. The topological polar surface area (TPSA) is 87.3 Å². The van der Waals surface area contributed by atoms with Crippen LogP contribution in [0.4, 0.5) is 5.69 Å². The zero-order chi connectivity index (χ0) is 18.4. The molecule has 0 spiro atoms. The summed E-state index contributed by atoms with van der Waals surface area (Å²) in [7, 11) is -1.96. The quantitative estimate of drug-likeness (QED) is 0.705. The highest BCUT2D eigenvalue weighted by Gasteiger charge is 2.18. The second kappa shape index (κ2) is 8.13. The van der Waals surface area contributed by atoms with Gasteiger partial charge in [0.1, 0.15) is 0 Å². The molecule has 1 unspecified atom stereocenters. The van der Waals surface area contributed by atoms with E-state index in [1.807, 2.05) is 13.8 Å². The number of likely N-dealkylation sites (N-methyl/N-ethyl adjacent to an activating group) is 1. The Balaban J connectivity index is 2.22. The van der Waals surface area contributed by atoms with E-state index < -0.39 is 10.0 Å². The smallest absolute Gasteiger partial charge is 0.261 e. The average molecular weight is 361 g/mol. The number of carbonyl (C=O) groups excluding carboxylic acids is 1. The number of hydrogen-bond acceptors (Lipinski definition) is 4. The van der Waals surface area contributed by atoms with E-state index >= 15 is 0 Å². The van der Waals surface area contributed by atoms with Gasteiger partial charge in [0.2, 0.25) is 0 Å². The Morgan fingerprint density at radius 3 is 2.36 bits per heavy atom. The number of nitrogens with one attached hydrogen (secondary N) is 3. The van der Waals surface area contributed by atoms with Crippen molar-refractivity contribution in [2.24, 2.45) is 0 Å². The van der Waals surface area contributed by atoms with Crippen LogP contribution in [0.3, 0.4) is 0 Å². The lowest BCUT2D eigenvalue weighted by molar-refractivity contribution is 0.0951. The molecule has 1 amide bonds. The summed E-state index contributed by atoms with van der Waals surface area (Å²) < 4.78 is 27.6. The predicted molar refractivity (Wildman–Crippen MR) is 99.3 cm³/mol. The molecule has 0 saturated carbocycles. The number of carbonyl (C=O) groups is 1. The first-order chi connectivity index (χ1) is 11.8. The number of sulfonamides is 1. The Labute approximate surface area is 148 Å². The molecule has 0 bridgehead atoms. The van der Waals surface area contributed by atoms with Gasteiger partial charge in [0.15, 0.2) is 0 Å². The Bertz CT molecular complexity index is 833. The monoisotopic (exact) mass is 361 g/mol. The maximum absolute atomic E-state index is 12.5. The van der Waals surface area contributed by atoms with Crippen LogP contribution in [0.1, 0.15) is 22.8 Å². The van der Waals surface area contributed by atoms with E-state index in [1.165, 1.54) is 12.1 Å². The molecular formula is C18H23N3O3S. The molecule has 0 aliphatic heterocycles. The first-order valence-electron chi connectivity index (χ1n) is 7.97. The van der Waals surface area contributed by atoms with Crippen LogP contribution in [0.25, 0.3) is 0 Å². The Morgan fingerprint density at radius 1 is 1.08 bits per heavy atom. The van der Waals surface area contributed by atoms with E-state index in [1.54, 1.807) is 43.4 Å². The molecule has 0 heterocycles. The van der Waals surface area contributed by atoms with Gasteiger partial charge in [-0.15, -0.1) is 0 Å². The van der Waals surface area contributed by atoms with Gasteiger partial charge in [-0.2, -0.15) is 0 Å². The second-order valence-corrected chi connectivity index (χ2v) is 7.55. The van der Waals surface area contributed by atoms with Gasteiger partial charge in [-0.05, 0) is 45.2 Å². The number of aryl methyl sites for hydroxylation is 1. The van der Waals surface area contributed by atoms with Gasteiger partial charge in [0, 0.05) is 12.6 Å². The van der Waals surface area contributed by atoms with E-state index in [-0.39, 0.29) is 28.1 Å². The SMILES string of the molecule is CNC(C)CNC(=O)c1ccccc1NS(=O)(=O)c1ccc(C)cc1. The van der Waals surface area contributed by atoms with E-state index in [2.05, 4.69) is 15.4 Å². The van der Waals surface area contributed by atoms with Crippen molar-refractivity contribution in [3.05, 3.63) is 59.7 Å². The predicted octanol–water partition coefficient (Wildman–Crippen LogP) is 2.13. The molecule has 6 nitrogen and oxygen atoms in total. The lowest BCUT2D eigenvalue weighted by Crippen LogP contribution is -2.37. The molecule has 0 fully saturated rings. The van der Waals surface area contributed by atoms with Gasteiger partial charge in [-0.3, -0.25) is 9.52 Å². The van der Waals surface area contributed by atoms with Crippen LogP contribution in [0, 0.1) is 6.92 Å². The van der Waals surface area contributed by atoms with Gasteiger partial charge >= 0.3 is 0 Å². The number of rotatable bonds is 7. The summed E-state index contributed by atoms with van der Waals surface area (Å²) >= 11 is 0. The number of amides is 1. The molecule has 0 aliphatic carbocycles. The maximum Gasteiger partial charge on any atom is 0.261 e. The summed E-state index contributed by atoms with van der Waals surface area (Å²) in [5.41, 5.74) is 1.50. The fraction of sp³-hybridized carbons (Fsp3) is 0.278. The lowest BCUT2D eigenvalue weighted by Gasteiger charge is -2.15. The molecule has 134 valence electrons. The molecule has 2 aromatic carbocycles. The molecule has 25 heavy (non-hydrogen) atoms. The number of hydrogen-bond donors (Lipinski definition) is 3. The molecule has 2 rings (SSSR count). The fourth-order valence-electron chi connectivity index (χ4n) is 2.13. The largest absolute Gasteiger partial charge is 0.350 e. The number of para-hydroxylation sites is 1. The highest BCUT2D eigenvalue weighted by Crippen LogP contribution is 2.20. The van der Waals surface area contributed by atoms with Crippen molar-refractivity contribution in [3.63, 3.8) is 0 Å². The average Bonchev–Trinajstić information content (AvgIpc) is 2.59. The van der Waals surface area contributed by atoms with Crippen molar-refractivity contribution in [1.29, 1.82) is 0 Å². The van der Waals surface area contributed by atoms with E-state index in [0.717, 1.165) is 5.56 Å². The van der Waals surface area contributed by atoms with Crippen molar-refractivity contribution < 1.29 is 13.2 Å². The molecular weight excluding hydrogens is 338 g/mol. The summed E-state index contributed by atoms with van der Waals surface area (Å²) in [6.45, 7) is 4.26. The third kappa shape index (κ3) is 5.04. The summed E-state index contributed by atoms with van der Waals surface area (Å²) in [4.78, 5) is 12.5. The highest BCUT2D eigenvalue weighted by atomic mass is 32.2. The molecule has 7 heteroatoms. The molecule has 0 aromatic heterocycles. The normalized spacial score (nSPS) is 12.4. The maximum atomic E-state index is 12.5. The van der Waals surface area contributed by atoms with Crippen LogP contribution in [0.15, 0.2) is 53.4 Å². The summed E-state index contributed by atoms with van der Waals surface area (Å²) in [6.07, 6.45) is 0. The Morgan fingerprint density at radius 2 is 1.72 bits per heavy atom. The zero-order valence-corrected chi connectivity index (χ0v) is 15.4. The zero-order valence-electron chi connectivity index (χ0n) is 14.5. The van der Waals surface area contributed by atoms with Gasteiger partial charge in [0.05, 0.1) is 16.1 Å². The molecule has 0 saturated heterocycles. The standard InChI is InChI=1S/C18H23N3O3S/c1-13-8-10-15(11-9-13)25(23,24)21-17-7-5-4-6-16(17)18(22)20-12-14(2)19-3/h4-11,14,19,21H,12H2,1-3H3,(H,20,22). The van der Waals surface area contributed by atoms with Crippen LogP contribution in [-0.4, -0.2) is 34.0 Å². The molecule has 2 aromatic rings. The van der Waals surface area contributed by atoms with Gasteiger partial charge in [-0.25, -0.2) is 8.42 Å². The third-order valence-electron chi connectivity index (χ3n) is 3.81. The third-order valence-corrected chi connectivity index (χ3v) is 5.19. The molecule has 3 N–H and O–H groups in total. The van der Waals surface area contributed by atoms with E-state index in [4.69, 9.17) is 0 Å². The molecule has 1 atom stereocenters. The number of benzene rings is 2. The van der Waals surface area contributed by atoms with E-state index in [0.29, 0.717) is 6.54 Å². The fourth-order valence-corrected chi connectivity index (χ4v) is 3.21. The minimum atomic E-state index is -3.76. The van der Waals surface area contributed by atoms with Gasteiger partial charge in [0.25, 0.3) is 15.9 Å². The van der Waals surface area contributed by atoms with Crippen LogP contribution in [-0.2, 0) is 10.0 Å². The van der Waals surface area contributed by atoms with Gasteiger partial charge in [-0.1, -0.05) is 29.8 Å². The van der Waals surface area contributed by atoms with Crippen LogP contribution in [0.5, 0.6) is 0 Å². The van der Waals surface area contributed by atoms with Crippen molar-refractivity contribution in [1.82, 2.24) is 10.6 Å². The first-order valence-corrected chi connectivity index (χ1v) is 9.46. The van der Waals surface area contributed by atoms with Crippen LogP contribution in [0.2, 0.25) is 0 Å². The summed E-state index contributed by atoms with van der Waals surface area (Å²) in [6, 6.07) is 13.2. The van der Waals surface area contributed by atoms with E-state index in [9.17, 15) is 13.2 Å². The summed E-state index contributed by atoms with van der Waals surface area (Å²) in [5, 5.41) is 5.81. The van der Waals surface area contributed by atoms with Crippen LogP contribution >= 0.6 is 0 Å². The highest BCUT2D eigenvalue weighted by molar-refractivity contribution is 7.92. The first kappa shape index (κ1) is 19.0. The Kier molecular flexibility index (Phi) is 6.17. The lowest BCUT2D eigenvalue weighted by atomic mass is 10.1. The van der Waals surface area contributed by atoms with Crippen molar-refractivity contribution >= 4 is 21.6 Å². The molecule has 0 radical (unpaired) electrons. The van der Waals surface area contributed by atoms with Crippen molar-refractivity contribution in [3.8, 4) is 0 Å². The molecule has 0 aliphatic rings. The minimum Gasteiger partial charge on any atom is -0.350 e. The second-order valence-electron chi connectivity index (χ2n) is 5.86. The minimum absolute atomic E-state index is 0.111.